The summed E-state index contributed by atoms with van der Waals surface area (Å²) in [5, 5.41) is 12.7. The zero-order valence-corrected chi connectivity index (χ0v) is 27.8. The quantitative estimate of drug-likeness (QED) is 0.133. The molecule has 0 fully saturated rings. The highest BCUT2D eigenvalue weighted by Gasteiger charge is 2.18. The lowest BCUT2D eigenvalue weighted by atomic mass is 9.85. The molecule has 1 heteroatoms. The zero-order chi connectivity index (χ0) is 33.5. The summed E-state index contributed by atoms with van der Waals surface area (Å²) in [6.45, 7) is 0. The average molecular weight is 646 g/mol. The smallest absolute Gasteiger partial charge is 0.0547 e. The molecule has 0 aliphatic carbocycles. The van der Waals surface area contributed by atoms with Crippen LogP contribution in [-0.4, -0.2) is 4.40 Å². The molecule has 0 aliphatic heterocycles. The van der Waals surface area contributed by atoms with Gasteiger partial charge in [0.15, 0.2) is 0 Å². The lowest BCUT2D eigenvalue weighted by molar-refractivity contribution is 1.35. The Hall–Kier alpha value is -6.70. The zero-order valence-electron chi connectivity index (χ0n) is 27.8. The Morgan fingerprint density at radius 3 is 1.45 bits per heavy atom. The van der Waals surface area contributed by atoms with Crippen LogP contribution in [0, 0.1) is 0 Å². The Labute approximate surface area is 295 Å². The number of para-hydroxylation sites is 1. The van der Waals surface area contributed by atoms with E-state index in [4.69, 9.17) is 0 Å². The van der Waals surface area contributed by atoms with Crippen LogP contribution in [0.1, 0.15) is 0 Å². The summed E-state index contributed by atoms with van der Waals surface area (Å²) < 4.78 is 2.44. The largest absolute Gasteiger partial charge is 0.309 e. The molecule has 0 saturated carbocycles. The van der Waals surface area contributed by atoms with Gasteiger partial charge in [-0.1, -0.05) is 158 Å². The summed E-state index contributed by atoms with van der Waals surface area (Å²) in [7, 11) is 0. The Morgan fingerprint density at radius 1 is 0.235 bits per heavy atom. The Kier molecular flexibility index (Phi) is 6.02. The third kappa shape index (κ3) is 4.22. The summed E-state index contributed by atoms with van der Waals surface area (Å²) in [6, 6.07) is 69.4. The van der Waals surface area contributed by atoms with E-state index in [0.717, 1.165) is 0 Å². The molecule has 2 heterocycles. The van der Waals surface area contributed by atoms with E-state index < -0.39 is 0 Å². The SMILES string of the molecule is c1ccc2cc(-c3ccc(-c4c5ccccc5c(-c5ccc6c(c5)c5ccccc5c5cc7ccccc7n65)c5ccccc45)cc3)ccc2c1. The second-order valence-electron chi connectivity index (χ2n) is 13.7. The van der Waals surface area contributed by atoms with Gasteiger partial charge >= 0.3 is 0 Å². The number of nitrogens with zero attached hydrogens (tertiary/aromatic N) is 1. The summed E-state index contributed by atoms with van der Waals surface area (Å²) >= 11 is 0. The third-order valence-electron chi connectivity index (χ3n) is 10.9. The van der Waals surface area contributed by atoms with Gasteiger partial charge in [0.25, 0.3) is 0 Å². The second-order valence-corrected chi connectivity index (χ2v) is 13.7. The van der Waals surface area contributed by atoms with Gasteiger partial charge in [-0.05, 0) is 101 Å². The fourth-order valence-electron chi connectivity index (χ4n) is 8.60. The van der Waals surface area contributed by atoms with Crippen LogP contribution in [0.3, 0.4) is 0 Å². The average Bonchev–Trinajstić information content (AvgIpc) is 3.60. The molecule has 11 rings (SSSR count). The van der Waals surface area contributed by atoms with Crippen molar-refractivity contribution in [2.24, 2.45) is 0 Å². The molecule has 0 N–H and O–H groups in total. The molecule has 0 radical (unpaired) electrons. The van der Waals surface area contributed by atoms with E-state index in [1.54, 1.807) is 0 Å². The highest BCUT2D eigenvalue weighted by atomic mass is 14.9. The van der Waals surface area contributed by atoms with Crippen molar-refractivity contribution in [3.05, 3.63) is 188 Å². The maximum Gasteiger partial charge on any atom is 0.0547 e. The van der Waals surface area contributed by atoms with Gasteiger partial charge in [0, 0.05) is 16.2 Å². The van der Waals surface area contributed by atoms with Crippen molar-refractivity contribution in [2.75, 3.05) is 0 Å². The van der Waals surface area contributed by atoms with Crippen LogP contribution >= 0.6 is 0 Å². The number of hydrogen-bond acceptors (Lipinski definition) is 0. The van der Waals surface area contributed by atoms with Gasteiger partial charge in [-0.3, -0.25) is 0 Å². The molecule has 0 bridgehead atoms. The van der Waals surface area contributed by atoms with E-state index >= 15 is 0 Å². The predicted octanol–water partition coefficient (Wildman–Crippen LogP) is 13.9. The topological polar surface area (TPSA) is 4.41 Å². The van der Waals surface area contributed by atoms with Crippen LogP contribution in [0.25, 0.3) is 104 Å². The predicted molar refractivity (Wildman–Crippen MR) is 219 cm³/mol. The van der Waals surface area contributed by atoms with Crippen molar-refractivity contribution in [2.45, 2.75) is 0 Å². The van der Waals surface area contributed by atoms with Crippen molar-refractivity contribution >= 4 is 70.4 Å². The summed E-state index contributed by atoms with van der Waals surface area (Å²) in [4.78, 5) is 0. The number of hydrogen-bond donors (Lipinski definition) is 0. The van der Waals surface area contributed by atoms with Crippen LogP contribution in [-0.2, 0) is 0 Å². The molecule has 0 saturated heterocycles. The van der Waals surface area contributed by atoms with Crippen molar-refractivity contribution in [1.82, 2.24) is 4.40 Å². The van der Waals surface area contributed by atoms with Gasteiger partial charge in [-0.15, -0.1) is 0 Å². The van der Waals surface area contributed by atoms with E-state index in [1.165, 1.54) is 104 Å². The van der Waals surface area contributed by atoms with E-state index in [1.807, 2.05) is 0 Å². The number of fused-ring (bicyclic) bond motifs is 11. The van der Waals surface area contributed by atoms with E-state index in [9.17, 15) is 0 Å². The monoisotopic (exact) mass is 645 g/mol. The van der Waals surface area contributed by atoms with Crippen molar-refractivity contribution in [3.63, 3.8) is 0 Å². The van der Waals surface area contributed by atoms with Gasteiger partial charge < -0.3 is 4.40 Å². The molecule has 0 amide bonds. The number of pyridine rings is 1. The Bertz CT molecular complexity index is 3120. The van der Waals surface area contributed by atoms with Crippen LogP contribution in [0.2, 0.25) is 0 Å². The first kappa shape index (κ1) is 28.2. The van der Waals surface area contributed by atoms with E-state index in [-0.39, 0.29) is 0 Å². The molecule has 236 valence electrons. The van der Waals surface area contributed by atoms with Crippen LogP contribution in [0.15, 0.2) is 188 Å². The molecule has 11 aromatic rings. The van der Waals surface area contributed by atoms with E-state index in [2.05, 4.69) is 192 Å². The molecule has 0 unspecified atom stereocenters. The maximum atomic E-state index is 2.44. The number of aromatic nitrogens is 1. The standard InChI is InChI=1S/C50H31N/c1-2-12-35-29-36(26-23-32(35)11-1)33-21-24-34(25-22-33)49-41-16-6-8-18-43(41)50(44-19-9-7-17-42(44)49)38-27-28-47-45(30-38)39-14-4-5-15-40(39)48-31-37-13-3-10-20-46(37)51(47)48/h1-31H. The molecule has 0 atom stereocenters. The van der Waals surface area contributed by atoms with Crippen molar-refractivity contribution < 1.29 is 0 Å². The van der Waals surface area contributed by atoms with Gasteiger partial charge in [-0.2, -0.15) is 0 Å². The number of rotatable bonds is 3. The number of benzene rings is 9. The summed E-state index contributed by atoms with van der Waals surface area (Å²) in [5.74, 6) is 0. The Balaban J connectivity index is 1.14. The third-order valence-corrected chi connectivity index (χ3v) is 10.9. The van der Waals surface area contributed by atoms with Crippen molar-refractivity contribution in [3.8, 4) is 33.4 Å². The molecule has 51 heavy (non-hydrogen) atoms. The van der Waals surface area contributed by atoms with Crippen LogP contribution < -0.4 is 0 Å². The molecule has 0 aliphatic rings. The first-order chi connectivity index (χ1) is 25.3. The van der Waals surface area contributed by atoms with Crippen LogP contribution in [0.4, 0.5) is 0 Å². The molecule has 1 nitrogen and oxygen atoms in total. The fourth-order valence-corrected chi connectivity index (χ4v) is 8.60. The summed E-state index contributed by atoms with van der Waals surface area (Å²) in [6.07, 6.45) is 0. The van der Waals surface area contributed by atoms with Gasteiger partial charge in [0.2, 0.25) is 0 Å². The molecular weight excluding hydrogens is 615 g/mol. The van der Waals surface area contributed by atoms with Gasteiger partial charge in [-0.25, -0.2) is 0 Å². The lowest BCUT2D eigenvalue weighted by Gasteiger charge is -2.19. The Morgan fingerprint density at radius 2 is 0.745 bits per heavy atom. The maximum absolute atomic E-state index is 2.44. The minimum atomic E-state index is 1.22. The highest BCUT2D eigenvalue weighted by molar-refractivity contribution is 6.23. The second kappa shape index (κ2) is 10.9. The highest BCUT2D eigenvalue weighted by Crippen LogP contribution is 2.45. The first-order valence-corrected chi connectivity index (χ1v) is 17.7. The van der Waals surface area contributed by atoms with Crippen LogP contribution in [0.5, 0.6) is 0 Å². The molecular formula is C50H31N. The lowest BCUT2D eigenvalue weighted by Crippen LogP contribution is -1.93. The fraction of sp³-hybridized carbons (Fsp3) is 0. The molecule has 2 aromatic heterocycles. The summed E-state index contributed by atoms with van der Waals surface area (Å²) in [5.41, 5.74) is 11.2. The van der Waals surface area contributed by atoms with E-state index in [0.29, 0.717) is 0 Å². The van der Waals surface area contributed by atoms with Gasteiger partial charge in [0.05, 0.1) is 16.6 Å². The first-order valence-electron chi connectivity index (χ1n) is 17.7. The minimum Gasteiger partial charge on any atom is -0.309 e. The van der Waals surface area contributed by atoms with Gasteiger partial charge in [0.1, 0.15) is 0 Å². The normalized spacial score (nSPS) is 11.9. The minimum absolute atomic E-state index is 1.22. The van der Waals surface area contributed by atoms with Crippen molar-refractivity contribution in [1.29, 1.82) is 0 Å². The molecule has 0 spiro atoms. The molecule has 9 aromatic carbocycles.